The molecule has 0 spiro atoms. The van der Waals surface area contributed by atoms with Crippen molar-refractivity contribution in [3.63, 3.8) is 0 Å². The number of rotatable bonds is 6. The molecule has 9 nitrogen and oxygen atoms in total. The second-order valence-electron chi connectivity index (χ2n) is 6.57. The first-order valence-electron chi connectivity index (χ1n) is 9.15. The van der Waals surface area contributed by atoms with Crippen LogP contribution in [-0.4, -0.2) is 45.2 Å². The van der Waals surface area contributed by atoms with Crippen LogP contribution in [0.5, 0.6) is 17.2 Å². The molecule has 1 fully saturated rings. The number of carbonyl (C=O) groups excluding carboxylic acids is 2. The van der Waals surface area contributed by atoms with E-state index in [0.29, 0.717) is 30.3 Å². The minimum absolute atomic E-state index is 0.168. The Bertz CT molecular complexity index is 902. The number of nitrogens with one attached hydrogen (secondary N) is 2. The maximum Gasteiger partial charge on any atom is 0.414 e. The monoisotopic (exact) mass is 399 g/mol. The van der Waals surface area contributed by atoms with Crippen LogP contribution in [0.1, 0.15) is 5.56 Å². The first-order valence-corrected chi connectivity index (χ1v) is 9.15. The molecule has 2 N–H and O–H groups in total. The number of amides is 3. The molecule has 2 heterocycles. The van der Waals surface area contributed by atoms with Crippen LogP contribution in [0.2, 0.25) is 0 Å². The molecule has 152 valence electrons. The normalized spacial score (nSPS) is 17.1. The predicted molar refractivity (Wildman–Crippen MR) is 103 cm³/mol. The van der Waals surface area contributed by atoms with Crippen LogP contribution >= 0.6 is 0 Å². The van der Waals surface area contributed by atoms with Gasteiger partial charge >= 0.3 is 12.1 Å². The number of nitrogens with zero attached hydrogens (tertiary/aromatic N) is 1. The van der Waals surface area contributed by atoms with Gasteiger partial charge in [0.15, 0.2) is 11.5 Å². The highest BCUT2D eigenvalue weighted by molar-refractivity contribution is 5.90. The Morgan fingerprint density at radius 3 is 2.72 bits per heavy atom. The molecule has 29 heavy (non-hydrogen) atoms. The molecule has 0 radical (unpaired) electrons. The SMILES string of the molecule is COc1ccc(CNC(=O)NCC2CN(c3ccc4c(c3)OCO4)C(=O)O2)cc1. The fourth-order valence-electron chi connectivity index (χ4n) is 3.09. The van der Waals surface area contributed by atoms with Gasteiger partial charge in [-0.25, -0.2) is 9.59 Å². The number of urea groups is 1. The second-order valence-corrected chi connectivity index (χ2v) is 6.57. The van der Waals surface area contributed by atoms with E-state index in [2.05, 4.69) is 10.6 Å². The van der Waals surface area contributed by atoms with Crippen molar-refractivity contribution in [1.82, 2.24) is 10.6 Å². The summed E-state index contributed by atoms with van der Waals surface area (Å²) < 4.78 is 21.1. The van der Waals surface area contributed by atoms with E-state index in [1.165, 1.54) is 4.90 Å². The number of hydrogen-bond donors (Lipinski definition) is 2. The number of fused-ring (bicyclic) bond motifs is 1. The lowest BCUT2D eigenvalue weighted by Crippen LogP contribution is -2.40. The minimum atomic E-state index is -0.464. The minimum Gasteiger partial charge on any atom is -0.497 e. The van der Waals surface area contributed by atoms with Crippen LogP contribution in [0.4, 0.5) is 15.3 Å². The summed E-state index contributed by atoms with van der Waals surface area (Å²) in [7, 11) is 1.60. The molecular weight excluding hydrogens is 378 g/mol. The molecule has 0 aromatic heterocycles. The summed E-state index contributed by atoms with van der Waals surface area (Å²) in [6.07, 6.45) is -0.908. The van der Waals surface area contributed by atoms with E-state index >= 15 is 0 Å². The second kappa shape index (κ2) is 8.17. The van der Waals surface area contributed by atoms with Gasteiger partial charge in [0, 0.05) is 12.6 Å². The molecule has 2 aliphatic heterocycles. The molecule has 1 atom stereocenters. The number of methoxy groups -OCH3 is 1. The molecule has 1 saturated heterocycles. The molecule has 0 saturated carbocycles. The van der Waals surface area contributed by atoms with E-state index in [0.717, 1.165) is 11.3 Å². The number of cyclic esters (lactones) is 1. The van der Waals surface area contributed by atoms with Crippen molar-refractivity contribution in [1.29, 1.82) is 0 Å². The van der Waals surface area contributed by atoms with Gasteiger partial charge in [0.1, 0.15) is 11.9 Å². The quantitative estimate of drug-likeness (QED) is 0.773. The smallest absolute Gasteiger partial charge is 0.414 e. The number of anilines is 1. The Morgan fingerprint density at radius 2 is 1.93 bits per heavy atom. The van der Waals surface area contributed by atoms with Gasteiger partial charge in [-0.05, 0) is 29.8 Å². The third-order valence-corrected chi connectivity index (χ3v) is 4.64. The Kier molecular flexibility index (Phi) is 5.28. The third kappa shape index (κ3) is 4.29. The number of benzene rings is 2. The molecule has 0 bridgehead atoms. The van der Waals surface area contributed by atoms with Gasteiger partial charge in [-0.1, -0.05) is 12.1 Å². The van der Waals surface area contributed by atoms with E-state index in [-0.39, 0.29) is 19.4 Å². The van der Waals surface area contributed by atoms with Crippen molar-refractivity contribution in [3.05, 3.63) is 48.0 Å². The van der Waals surface area contributed by atoms with Crippen LogP contribution < -0.4 is 29.7 Å². The molecule has 4 rings (SSSR count). The van der Waals surface area contributed by atoms with Gasteiger partial charge < -0.3 is 29.6 Å². The molecule has 1 unspecified atom stereocenters. The van der Waals surface area contributed by atoms with Gasteiger partial charge in [0.2, 0.25) is 6.79 Å². The maximum atomic E-state index is 12.2. The van der Waals surface area contributed by atoms with Crippen molar-refractivity contribution >= 4 is 17.8 Å². The molecule has 0 aliphatic carbocycles. The first kappa shape index (κ1) is 18.7. The lowest BCUT2D eigenvalue weighted by Gasteiger charge is -2.14. The van der Waals surface area contributed by atoms with Crippen molar-refractivity contribution in [2.45, 2.75) is 12.6 Å². The van der Waals surface area contributed by atoms with Crippen LogP contribution in [0.25, 0.3) is 0 Å². The number of carbonyl (C=O) groups is 2. The molecule has 3 amide bonds. The van der Waals surface area contributed by atoms with Crippen LogP contribution in [0.15, 0.2) is 42.5 Å². The Hall–Kier alpha value is -3.62. The van der Waals surface area contributed by atoms with Gasteiger partial charge in [-0.2, -0.15) is 0 Å². The van der Waals surface area contributed by atoms with Crippen LogP contribution in [-0.2, 0) is 11.3 Å². The van der Waals surface area contributed by atoms with Crippen molar-refractivity contribution in [2.75, 3.05) is 31.9 Å². The predicted octanol–water partition coefficient (Wildman–Crippen LogP) is 2.25. The van der Waals surface area contributed by atoms with Gasteiger partial charge in [-0.15, -0.1) is 0 Å². The summed E-state index contributed by atoms with van der Waals surface area (Å²) in [6.45, 7) is 1.09. The van der Waals surface area contributed by atoms with E-state index < -0.39 is 12.2 Å². The van der Waals surface area contributed by atoms with Crippen molar-refractivity contribution in [3.8, 4) is 17.2 Å². The number of ether oxygens (including phenoxy) is 4. The summed E-state index contributed by atoms with van der Waals surface area (Å²) >= 11 is 0. The lowest BCUT2D eigenvalue weighted by atomic mass is 10.2. The largest absolute Gasteiger partial charge is 0.497 e. The zero-order valence-corrected chi connectivity index (χ0v) is 15.8. The average Bonchev–Trinajstić information content (AvgIpc) is 3.36. The topological polar surface area (TPSA) is 98.4 Å². The Labute approximate surface area is 167 Å². The van der Waals surface area contributed by atoms with E-state index in [9.17, 15) is 9.59 Å². The zero-order valence-electron chi connectivity index (χ0n) is 15.8. The molecule has 2 aromatic carbocycles. The van der Waals surface area contributed by atoms with Gasteiger partial charge in [0.25, 0.3) is 0 Å². The molecule has 2 aliphatic rings. The number of hydrogen-bond acceptors (Lipinski definition) is 6. The highest BCUT2D eigenvalue weighted by Gasteiger charge is 2.33. The highest BCUT2D eigenvalue weighted by atomic mass is 16.7. The van der Waals surface area contributed by atoms with E-state index in [4.69, 9.17) is 18.9 Å². The first-order chi connectivity index (χ1) is 14.1. The van der Waals surface area contributed by atoms with Crippen LogP contribution in [0.3, 0.4) is 0 Å². The molecule has 9 heteroatoms. The summed E-state index contributed by atoms with van der Waals surface area (Å²) in [6, 6.07) is 12.3. The fourth-order valence-corrected chi connectivity index (χ4v) is 3.09. The van der Waals surface area contributed by atoms with Crippen LogP contribution in [0, 0.1) is 0 Å². The Balaban J connectivity index is 1.25. The van der Waals surface area contributed by atoms with Gasteiger partial charge in [-0.3, -0.25) is 4.90 Å². The van der Waals surface area contributed by atoms with E-state index in [1.807, 2.05) is 24.3 Å². The zero-order chi connectivity index (χ0) is 20.2. The summed E-state index contributed by atoms with van der Waals surface area (Å²) in [5.41, 5.74) is 1.60. The maximum absolute atomic E-state index is 12.2. The summed E-state index contributed by atoms with van der Waals surface area (Å²) in [5.74, 6) is 2.00. The van der Waals surface area contributed by atoms with Crippen molar-refractivity contribution in [2.24, 2.45) is 0 Å². The standard InChI is InChI=1S/C20H21N3O6/c1-26-15-5-2-13(3-6-15)9-21-19(24)22-10-16-11-23(20(25)29-16)14-4-7-17-18(8-14)28-12-27-17/h2-8,16H,9-12H2,1H3,(H2,21,22,24). The van der Waals surface area contributed by atoms with Gasteiger partial charge in [0.05, 0.1) is 25.9 Å². The Morgan fingerprint density at radius 1 is 1.14 bits per heavy atom. The van der Waals surface area contributed by atoms with E-state index in [1.54, 1.807) is 25.3 Å². The fraction of sp³-hybridized carbons (Fsp3) is 0.300. The summed E-state index contributed by atoms with van der Waals surface area (Å²) in [4.78, 5) is 25.7. The average molecular weight is 399 g/mol. The third-order valence-electron chi connectivity index (χ3n) is 4.64. The molecule has 2 aromatic rings. The highest BCUT2D eigenvalue weighted by Crippen LogP contribution is 2.36. The van der Waals surface area contributed by atoms with Crippen molar-refractivity contribution < 1.29 is 28.5 Å². The molecular formula is C20H21N3O6. The lowest BCUT2D eigenvalue weighted by molar-refractivity contribution is 0.140. The summed E-state index contributed by atoms with van der Waals surface area (Å²) in [5, 5.41) is 5.50.